The van der Waals surface area contributed by atoms with Gasteiger partial charge in [0.2, 0.25) is 0 Å². The van der Waals surface area contributed by atoms with E-state index in [1.54, 1.807) is 24.1 Å². The molecule has 2 aromatic rings. The maximum Gasteiger partial charge on any atom is 0.260 e. The van der Waals surface area contributed by atoms with Crippen molar-refractivity contribution in [1.29, 1.82) is 0 Å². The van der Waals surface area contributed by atoms with Gasteiger partial charge >= 0.3 is 0 Å². The molecular formula is C23H28N2O4. The lowest BCUT2D eigenvalue weighted by Gasteiger charge is -2.34. The first-order chi connectivity index (χ1) is 14.0. The van der Waals surface area contributed by atoms with Gasteiger partial charge in [0.25, 0.3) is 5.91 Å². The van der Waals surface area contributed by atoms with Crippen LogP contribution in [0, 0.1) is 13.8 Å². The number of hydrogen-bond donors (Lipinski definition) is 0. The number of methoxy groups -OCH3 is 1. The molecule has 3 rings (SSSR count). The molecule has 6 nitrogen and oxygen atoms in total. The van der Waals surface area contributed by atoms with Gasteiger partial charge in [-0.2, -0.15) is 0 Å². The summed E-state index contributed by atoms with van der Waals surface area (Å²) in [5, 5.41) is 0. The number of Topliss-reactive ketones (excluding diaryl/α,β-unsaturated/α-hetero) is 1. The van der Waals surface area contributed by atoms with Gasteiger partial charge in [-0.05, 0) is 43.2 Å². The summed E-state index contributed by atoms with van der Waals surface area (Å²) in [5.41, 5.74) is 3.06. The summed E-state index contributed by atoms with van der Waals surface area (Å²) >= 11 is 0. The molecule has 29 heavy (non-hydrogen) atoms. The van der Waals surface area contributed by atoms with Crippen molar-refractivity contribution in [3.63, 3.8) is 0 Å². The van der Waals surface area contributed by atoms with Crippen LogP contribution in [0.15, 0.2) is 42.5 Å². The second-order valence-corrected chi connectivity index (χ2v) is 7.32. The minimum atomic E-state index is -0.0592. The topological polar surface area (TPSA) is 59.1 Å². The zero-order valence-corrected chi connectivity index (χ0v) is 17.3. The van der Waals surface area contributed by atoms with Crippen LogP contribution in [-0.2, 0) is 4.79 Å². The van der Waals surface area contributed by atoms with E-state index in [1.165, 1.54) is 5.56 Å². The molecule has 2 aromatic carbocycles. The van der Waals surface area contributed by atoms with Gasteiger partial charge in [-0.3, -0.25) is 14.5 Å². The lowest BCUT2D eigenvalue weighted by Crippen LogP contribution is -2.51. The Balaban J connectivity index is 1.46. The maximum atomic E-state index is 12.6. The zero-order valence-electron chi connectivity index (χ0n) is 17.3. The highest BCUT2D eigenvalue weighted by Gasteiger charge is 2.23. The van der Waals surface area contributed by atoms with Crippen molar-refractivity contribution < 1.29 is 19.1 Å². The average Bonchev–Trinajstić information content (AvgIpc) is 2.74. The lowest BCUT2D eigenvalue weighted by molar-refractivity contribution is -0.135. The van der Waals surface area contributed by atoms with E-state index in [2.05, 4.69) is 4.90 Å². The van der Waals surface area contributed by atoms with E-state index in [0.717, 1.165) is 11.1 Å². The van der Waals surface area contributed by atoms with Crippen molar-refractivity contribution in [2.75, 3.05) is 46.4 Å². The van der Waals surface area contributed by atoms with E-state index in [1.807, 2.05) is 44.2 Å². The summed E-state index contributed by atoms with van der Waals surface area (Å²) in [5.74, 6) is 1.22. The van der Waals surface area contributed by atoms with Crippen LogP contribution in [0.25, 0.3) is 0 Å². The van der Waals surface area contributed by atoms with Gasteiger partial charge in [-0.25, -0.2) is 0 Å². The fourth-order valence-corrected chi connectivity index (χ4v) is 3.33. The highest BCUT2D eigenvalue weighted by Crippen LogP contribution is 2.25. The largest absolute Gasteiger partial charge is 0.493 e. The number of amides is 1. The Morgan fingerprint density at radius 1 is 0.931 bits per heavy atom. The molecule has 1 fully saturated rings. The quantitative estimate of drug-likeness (QED) is 0.674. The lowest BCUT2D eigenvalue weighted by atomic mass is 10.0. The standard InChI is InChI=1S/C23H28N2O4/c1-17-8-9-19(14-18(17)2)20(26)15-24-10-12-25(13-11-24)23(27)16-29-22-7-5-4-6-21(22)28-3/h4-9,14H,10-13,15-16H2,1-3H3. The van der Waals surface area contributed by atoms with E-state index in [9.17, 15) is 9.59 Å². The van der Waals surface area contributed by atoms with Gasteiger partial charge in [-0.15, -0.1) is 0 Å². The third-order valence-electron chi connectivity index (χ3n) is 5.34. The fourth-order valence-electron chi connectivity index (χ4n) is 3.33. The molecule has 0 aliphatic carbocycles. The smallest absolute Gasteiger partial charge is 0.260 e. The number of aryl methyl sites for hydroxylation is 2. The van der Waals surface area contributed by atoms with Gasteiger partial charge in [-0.1, -0.05) is 24.3 Å². The van der Waals surface area contributed by atoms with E-state index in [-0.39, 0.29) is 18.3 Å². The van der Waals surface area contributed by atoms with Crippen molar-refractivity contribution >= 4 is 11.7 Å². The number of carbonyl (C=O) groups is 2. The van der Waals surface area contributed by atoms with E-state index >= 15 is 0 Å². The van der Waals surface area contributed by atoms with Gasteiger partial charge < -0.3 is 14.4 Å². The van der Waals surface area contributed by atoms with Crippen molar-refractivity contribution in [3.8, 4) is 11.5 Å². The van der Waals surface area contributed by atoms with Crippen molar-refractivity contribution in [3.05, 3.63) is 59.2 Å². The Morgan fingerprint density at radius 3 is 2.28 bits per heavy atom. The number of ether oxygens (including phenoxy) is 2. The predicted molar refractivity (Wildman–Crippen MR) is 112 cm³/mol. The minimum Gasteiger partial charge on any atom is -0.493 e. The second kappa shape index (κ2) is 9.56. The zero-order chi connectivity index (χ0) is 20.8. The van der Waals surface area contributed by atoms with Crippen LogP contribution in [0.5, 0.6) is 11.5 Å². The molecule has 1 saturated heterocycles. The molecule has 0 saturated carbocycles. The van der Waals surface area contributed by atoms with E-state index in [4.69, 9.17) is 9.47 Å². The third kappa shape index (κ3) is 5.35. The summed E-state index contributed by atoms with van der Waals surface area (Å²) in [6.07, 6.45) is 0. The maximum absolute atomic E-state index is 12.6. The summed E-state index contributed by atoms with van der Waals surface area (Å²) in [4.78, 5) is 28.9. The number of carbonyl (C=O) groups excluding carboxylic acids is 2. The normalized spacial score (nSPS) is 14.5. The fraction of sp³-hybridized carbons (Fsp3) is 0.391. The number of ketones is 1. The number of para-hydroxylation sites is 2. The summed E-state index contributed by atoms with van der Waals surface area (Å²) < 4.78 is 10.9. The number of hydrogen-bond acceptors (Lipinski definition) is 5. The first-order valence-corrected chi connectivity index (χ1v) is 9.84. The molecular weight excluding hydrogens is 368 g/mol. The summed E-state index contributed by atoms with van der Waals surface area (Å²) in [6, 6.07) is 13.1. The molecule has 1 aliphatic heterocycles. The molecule has 0 aromatic heterocycles. The molecule has 154 valence electrons. The Kier molecular flexibility index (Phi) is 6.88. The van der Waals surface area contributed by atoms with Crippen molar-refractivity contribution in [2.24, 2.45) is 0 Å². The predicted octanol–water partition coefficient (Wildman–Crippen LogP) is 2.72. The highest BCUT2D eigenvalue weighted by atomic mass is 16.5. The van der Waals surface area contributed by atoms with Crippen LogP contribution in [-0.4, -0.2) is 67.9 Å². The Bertz CT molecular complexity index is 873. The van der Waals surface area contributed by atoms with E-state index in [0.29, 0.717) is 44.2 Å². The monoisotopic (exact) mass is 396 g/mol. The molecule has 0 unspecified atom stereocenters. The summed E-state index contributed by atoms with van der Waals surface area (Å²) in [7, 11) is 1.57. The second-order valence-electron chi connectivity index (χ2n) is 7.32. The molecule has 6 heteroatoms. The Hall–Kier alpha value is -2.86. The van der Waals surface area contributed by atoms with Crippen LogP contribution >= 0.6 is 0 Å². The van der Waals surface area contributed by atoms with Crippen LogP contribution in [0.4, 0.5) is 0 Å². The van der Waals surface area contributed by atoms with Gasteiger partial charge in [0.15, 0.2) is 23.9 Å². The first-order valence-electron chi connectivity index (χ1n) is 9.84. The average molecular weight is 396 g/mol. The molecule has 0 bridgehead atoms. The molecule has 1 amide bonds. The molecule has 0 radical (unpaired) electrons. The molecule has 1 heterocycles. The minimum absolute atomic E-state index is 0.0258. The van der Waals surface area contributed by atoms with Gasteiger partial charge in [0, 0.05) is 31.7 Å². The van der Waals surface area contributed by atoms with Crippen molar-refractivity contribution in [2.45, 2.75) is 13.8 Å². The Labute approximate surface area is 172 Å². The van der Waals surface area contributed by atoms with Crippen molar-refractivity contribution in [1.82, 2.24) is 9.80 Å². The molecule has 0 N–H and O–H groups in total. The van der Waals surface area contributed by atoms with Gasteiger partial charge in [0.1, 0.15) is 0 Å². The molecule has 0 atom stereocenters. The number of benzene rings is 2. The Morgan fingerprint density at radius 2 is 1.62 bits per heavy atom. The summed E-state index contributed by atoms with van der Waals surface area (Å²) in [6.45, 7) is 6.95. The van der Waals surface area contributed by atoms with Crippen LogP contribution in [0.2, 0.25) is 0 Å². The van der Waals surface area contributed by atoms with E-state index < -0.39 is 0 Å². The van der Waals surface area contributed by atoms with Crippen LogP contribution < -0.4 is 9.47 Å². The van der Waals surface area contributed by atoms with Crippen LogP contribution in [0.1, 0.15) is 21.5 Å². The number of rotatable bonds is 7. The number of piperazine rings is 1. The van der Waals surface area contributed by atoms with Gasteiger partial charge in [0.05, 0.1) is 13.7 Å². The third-order valence-corrected chi connectivity index (χ3v) is 5.34. The number of nitrogens with zero attached hydrogens (tertiary/aromatic N) is 2. The first kappa shape index (κ1) is 20.9. The molecule has 1 aliphatic rings. The molecule has 0 spiro atoms. The SMILES string of the molecule is COc1ccccc1OCC(=O)N1CCN(CC(=O)c2ccc(C)c(C)c2)CC1. The van der Waals surface area contributed by atoms with Crippen LogP contribution in [0.3, 0.4) is 0 Å². The highest BCUT2D eigenvalue weighted by molar-refractivity contribution is 5.97.